The zero-order valence-electron chi connectivity index (χ0n) is 41.7. The minimum absolute atomic E-state index is 0.264. The molecule has 0 spiro atoms. The van der Waals surface area contributed by atoms with E-state index in [0.717, 1.165) is 101 Å². The van der Waals surface area contributed by atoms with Gasteiger partial charge < -0.3 is 24.6 Å². The molecule has 0 radical (unpaired) electrons. The quantitative estimate of drug-likeness (QED) is 0.0630. The fourth-order valence-electron chi connectivity index (χ4n) is 9.53. The van der Waals surface area contributed by atoms with Gasteiger partial charge in [0.05, 0.1) is 25.0 Å². The minimum atomic E-state index is -0.620. The van der Waals surface area contributed by atoms with Crippen LogP contribution in [0.5, 0.6) is 11.5 Å². The van der Waals surface area contributed by atoms with E-state index in [1.807, 2.05) is 6.07 Å². The van der Waals surface area contributed by atoms with Crippen molar-refractivity contribution in [1.29, 1.82) is 0 Å². The SMILES string of the molecule is CCCCCCCCC(CCCCCCCC)C(CCCCOc1cc(CN(C)C)cc(OCCCCC(C(=O)O)C(CCCCCCCC)CCCCCCCC)c1)C(=O)O. The Bertz CT molecular complexity index is 1070. The predicted molar refractivity (Wildman–Crippen MR) is 264 cm³/mol. The summed E-state index contributed by atoms with van der Waals surface area (Å²) in [4.78, 5) is 27.4. The van der Waals surface area contributed by atoms with Crippen molar-refractivity contribution in [3.8, 4) is 11.5 Å². The van der Waals surface area contributed by atoms with E-state index < -0.39 is 11.9 Å². The molecule has 62 heavy (non-hydrogen) atoms. The van der Waals surface area contributed by atoms with Gasteiger partial charge in [0.2, 0.25) is 0 Å². The summed E-state index contributed by atoms with van der Waals surface area (Å²) in [6, 6.07) is 6.16. The smallest absolute Gasteiger partial charge is 0.306 e. The molecule has 2 N–H and O–H groups in total. The van der Waals surface area contributed by atoms with E-state index in [1.54, 1.807) is 0 Å². The van der Waals surface area contributed by atoms with E-state index in [4.69, 9.17) is 9.47 Å². The first kappa shape index (κ1) is 57.7. The Morgan fingerprint density at radius 1 is 0.435 bits per heavy atom. The first-order valence-corrected chi connectivity index (χ1v) is 26.7. The van der Waals surface area contributed by atoms with E-state index in [0.29, 0.717) is 26.1 Å². The number of hydrogen-bond acceptors (Lipinski definition) is 5. The molecule has 1 rings (SSSR count). The van der Waals surface area contributed by atoms with Crippen LogP contribution in [0.2, 0.25) is 0 Å². The van der Waals surface area contributed by atoms with Gasteiger partial charge in [0, 0.05) is 12.6 Å². The lowest BCUT2D eigenvalue weighted by atomic mass is 9.80. The van der Waals surface area contributed by atoms with E-state index in [2.05, 4.69) is 58.8 Å². The lowest BCUT2D eigenvalue weighted by molar-refractivity contribution is -0.145. The predicted octanol–water partition coefficient (Wildman–Crippen LogP) is 16.5. The van der Waals surface area contributed by atoms with Crippen LogP contribution < -0.4 is 9.47 Å². The first-order valence-electron chi connectivity index (χ1n) is 26.7. The Kier molecular flexibility index (Phi) is 37.5. The third kappa shape index (κ3) is 30.7. The van der Waals surface area contributed by atoms with Crippen LogP contribution in [0, 0.1) is 23.7 Å². The zero-order valence-corrected chi connectivity index (χ0v) is 41.7. The molecule has 0 aliphatic rings. The lowest BCUT2D eigenvalue weighted by Crippen LogP contribution is -2.24. The number of rotatable bonds is 46. The zero-order chi connectivity index (χ0) is 45.5. The maximum Gasteiger partial charge on any atom is 0.306 e. The number of hydrogen-bond donors (Lipinski definition) is 2. The van der Waals surface area contributed by atoms with E-state index in [-0.39, 0.29) is 23.7 Å². The molecular formula is C55H101NO6. The van der Waals surface area contributed by atoms with Crippen molar-refractivity contribution in [3.05, 3.63) is 23.8 Å². The maximum absolute atomic E-state index is 12.6. The van der Waals surface area contributed by atoms with Gasteiger partial charge in [0.1, 0.15) is 11.5 Å². The first-order chi connectivity index (χ1) is 30.2. The van der Waals surface area contributed by atoms with Crippen molar-refractivity contribution in [2.75, 3.05) is 27.3 Å². The number of carboxylic acid groups (broad SMARTS) is 2. The van der Waals surface area contributed by atoms with Crippen molar-refractivity contribution in [2.24, 2.45) is 23.7 Å². The number of carbonyl (C=O) groups is 2. The summed E-state index contributed by atoms with van der Waals surface area (Å²) in [5.41, 5.74) is 1.12. The maximum atomic E-state index is 12.6. The standard InChI is InChI=1S/C55H101NO6/c1-7-11-15-19-23-27-35-48(36-28-24-20-16-12-8-2)52(54(57)58)39-31-33-41-61-50-43-47(46-56(5)6)44-51(45-50)62-42-34-32-40-53(55(59)60)49(37-29-25-21-17-13-9-3)38-30-26-22-18-14-10-4/h43-45,48-49,52-53H,7-42,46H2,1-6H3,(H,57,58)(H,59,60). The molecule has 2 atom stereocenters. The highest BCUT2D eigenvalue weighted by atomic mass is 16.5. The number of ether oxygens (including phenoxy) is 2. The van der Waals surface area contributed by atoms with Gasteiger partial charge in [-0.2, -0.15) is 0 Å². The molecule has 0 saturated carbocycles. The van der Waals surface area contributed by atoms with Crippen LogP contribution in [0.4, 0.5) is 0 Å². The van der Waals surface area contributed by atoms with Crippen LogP contribution in [0.15, 0.2) is 18.2 Å². The monoisotopic (exact) mass is 872 g/mol. The molecule has 0 heterocycles. The van der Waals surface area contributed by atoms with Gasteiger partial charge in [-0.1, -0.05) is 182 Å². The highest BCUT2D eigenvalue weighted by Gasteiger charge is 2.28. The molecule has 0 aliphatic heterocycles. The van der Waals surface area contributed by atoms with Crippen molar-refractivity contribution >= 4 is 11.9 Å². The summed E-state index contributed by atoms with van der Waals surface area (Å²) < 4.78 is 12.6. The molecule has 1 aromatic carbocycles. The Morgan fingerprint density at radius 3 is 1.02 bits per heavy atom. The van der Waals surface area contributed by atoms with Gasteiger partial charge in [-0.25, -0.2) is 0 Å². The van der Waals surface area contributed by atoms with Gasteiger partial charge in [0.15, 0.2) is 0 Å². The Labute approximate surface area is 383 Å². The number of unbranched alkanes of at least 4 members (excludes halogenated alkanes) is 22. The molecule has 0 amide bonds. The molecule has 2 unspecified atom stereocenters. The van der Waals surface area contributed by atoms with Crippen molar-refractivity contribution < 1.29 is 29.3 Å². The second-order valence-electron chi connectivity index (χ2n) is 19.4. The van der Waals surface area contributed by atoms with Gasteiger partial charge in [-0.3, -0.25) is 9.59 Å². The summed E-state index contributed by atoms with van der Waals surface area (Å²) in [6.45, 7) is 10.9. The molecule has 0 saturated heterocycles. The fraction of sp³-hybridized carbons (Fsp3) is 0.855. The summed E-state index contributed by atoms with van der Waals surface area (Å²) >= 11 is 0. The number of aliphatic carboxylic acids is 2. The normalized spacial score (nSPS) is 12.7. The second kappa shape index (κ2) is 40.2. The highest BCUT2D eigenvalue weighted by Crippen LogP contribution is 2.32. The largest absolute Gasteiger partial charge is 0.493 e. The summed E-state index contributed by atoms with van der Waals surface area (Å²) in [5.74, 6) is 0.313. The van der Waals surface area contributed by atoms with E-state index in [1.165, 1.54) is 128 Å². The van der Waals surface area contributed by atoms with Crippen LogP contribution in [0.1, 0.15) is 252 Å². The molecular weight excluding hydrogens is 771 g/mol. The molecule has 1 aromatic rings. The van der Waals surface area contributed by atoms with Crippen LogP contribution in [0.25, 0.3) is 0 Å². The minimum Gasteiger partial charge on any atom is -0.493 e. The molecule has 7 nitrogen and oxygen atoms in total. The average Bonchev–Trinajstić information content (AvgIpc) is 3.23. The molecule has 0 bridgehead atoms. The van der Waals surface area contributed by atoms with Gasteiger partial charge >= 0.3 is 11.9 Å². The lowest BCUT2D eigenvalue weighted by Gasteiger charge is -2.24. The fourth-order valence-corrected chi connectivity index (χ4v) is 9.53. The number of benzene rings is 1. The topological polar surface area (TPSA) is 96.3 Å². The molecule has 0 fully saturated rings. The van der Waals surface area contributed by atoms with Gasteiger partial charge in [-0.15, -0.1) is 0 Å². The van der Waals surface area contributed by atoms with Crippen molar-refractivity contribution in [3.63, 3.8) is 0 Å². The van der Waals surface area contributed by atoms with Crippen LogP contribution in [0.3, 0.4) is 0 Å². The molecule has 362 valence electrons. The third-order valence-electron chi connectivity index (χ3n) is 13.3. The highest BCUT2D eigenvalue weighted by molar-refractivity contribution is 5.70. The Balaban J connectivity index is 2.77. The third-order valence-corrected chi connectivity index (χ3v) is 13.3. The van der Waals surface area contributed by atoms with Crippen LogP contribution in [-0.2, 0) is 16.1 Å². The van der Waals surface area contributed by atoms with Crippen LogP contribution in [-0.4, -0.2) is 54.4 Å². The van der Waals surface area contributed by atoms with Crippen molar-refractivity contribution in [1.82, 2.24) is 4.90 Å². The van der Waals surface area contributed by atoms with Crippen LogP contribution >= 0.6 is 0 Å². The Hall–Kier alpha value is -2.28. The number of carboxylic acids is 2. The molecule has 0 aromatic heterocycles. The summed E-state index contributed by atoms with van der Waals surface area (Å²) in [7, 11) is 4.12. The average molecular weight is 872 g/mol. The van der Waals surface area contributed by atoms with Gasteiger partial charge in [0.25, 0.3) is 0 Å². The summed E-state index contributed by atoms with van der Waals surface area (Å²) in [6.07, 6.45) is 38.8. The molecule has 7 heteroatoms. The van der Waals surface area contributed by atoms with E-state index >= 15 is 0 Å². The van der Waals surface area contributed by atoms with Crippen molar-refractivity contribution in [2.45, 2.75) is 253 Å². The summed E-state index contributed by atoms with van der Waals surface area (Å²) in [5, 5.41) is 20.8. The number of nitrogens with zero attached hydrogens (tertiary/aromatic N) is 1. The van der Waals surface area contributed by atoms with Gasteiger partial charge in [-0.05, 0) is 108 Å². The second-order valence-corrected chi connectivity index (χ2v) is 19.4. The molecule has 0 aliphatic carbocycles. The Morgan fingerprint density at radius 2 is 0.726 bits per heavy atom. The van der Waals surface area contributed by atoms with E-state index in [9.17, 15) is 19.8 Å².